The van der Waals surface area contributed by atoms with E-state index in [1.165, 1.54) is 13.3 Å². The van der Waals surface area contributed by atoms with Crippen molar-refractivity contribution < 1.29 is 13.9 Å². The maximum atomic E-state index is 10.8. The van der Waals surface area contributed by atoms with Crippen LogP contribution >= 0.6 is 15.9 Å². The highest BCUT2D eigenvalue weighted by atomic mass is 79.9. The van der Waals surface area contributed by atoms with Crippen LogP contribution in [0.15, 0.2) is 50.4 Å². The van der Waals surface area contributed by atoms with Crippen molar-refractivity contribution >= 4 is 28.2 Å². The van der Waals surface area contributed by atoms with E-state index in [4.69, 9.17) is 4.42 Å². The minimum Gasteiger partial charge on any atom is -0.455 e. The van der Waals surface area contributed by atoms with Crippen LogP contribution in [0.4, 0.5) is 4.79 Å². The maximum Gasteiger partial charge on any atom is 0.427 e. The molecule has 0 saturated carbocycles. The van der Waals surface area contributed by atoms with E-state index < -0.39 is 6.09 Å². The number of nitrogens with one attached hydrogen (secondary N) is 1. The minimum atomic E-state index is -0.629. The first-order valence-corrected chi connectivity index (χ1v) is 6.21. The molecule has 5 nitrogen and oxygen atoms in total. The number of carbonyl (C=O) groups is 1. The number of hydrogen-bond acceptors (Lipinski definition) is 4. The third kappa shape index (κ3) is 3.69. The summed E-state index contributed by atoms with van der Waals surface area (Å²) in [5.74, 6) is 1.27. The molecule has 0 radical (unpaired) electrons. The van der Waals surface area contributed by atoms with Gasteiger partial charge in [-0.3, -0.25) is 0 Å². The molecule has 0 bridgehead atoms. The van der Waals surface area contributed by atoms with E-state index in [1.54, 1.807) is 6.07 Å². The Labute approximate surface area is 118 Å². The van der Waals surface area contributed by atoms with Crippen molar-refractivity contribution in [3.8, 4) is 11.3 Å². The molecule has 6 heteroatoms. The summed E-state index contributed by atoms with van der Waals surface area (Å²) >= 11 is 3.37. The second-order valence-corrected chi connectivity index (χ2v) is 4.49. The third-order valence-corrected chi connectivity index (χ3v) is 2.82. The number of ether oxygens (including phenoxy) is 1. The molecule has 0 saturated heterocycles. The van der Waals surface area contributed by atoms with Gasteiger partial charge in [0.2, 0.25) is 0 Å². The number of furan rings is 1. The van der Waals surface area contributed by atoms with E-state index in [1.807, 2.05) is 30.3 Å². The zero-order chi connectivity index (χ0) is 13.7. The topological polar surface area (TPSA) is 63.8 Å². The maximum absolute atomic E-state index is 10.8. The molecule has 98 valence electrons. The van der Waals surface area contributed by atoms with Crippen LogP contribution in [0.5, 0.6) is 0 Å². The smallest absolute Gasteiger partial charge is 0.427 e. The van der Waals surface area contributed by atoms with Gasteiger partial charge in [0, 0.05) is 10.0 Å². The molecule has 0 fully saturated rings. The van der Waals surface area contributed by atoms with Gasteiger partial charge in [-0.05, 0) is 24.3 Å². The standard InChI is InChI=1S/C13H11BrN2O3/c1-18-13(17)16-15-8-11-6-7-12(19-11)9-2-4-10(14)5-3-9/h2-8H,1H3,(H,16,17). The molecule has 1 amide bonds. The summed E-state index contributed by atoms with van der Waals surface area (Å²) < 4.78 is 10.9. The highest BCUT2D eigenvalue weighted by Gasteiger charge is 2.03. The van der Waals surface area contributed by atoms with Crippen molar-refractivity contribution in [2.24, 2.45) is 5.10 Å². The van der Waals surface area contributed by atoms with E-state index >= 15 is 0 Å². The Morgan fingerprint density at radius 3 is 2.74 bits per heavy atom. The molecular formula is C13H11BrN2O3. The number of rotatable bonds is 3. The first-order chi connectivity index (χ1) is 9.19. The van der Waals surface area contributed by atoms with Gasteiger partial charge in [-0.25, -0.2) is 10.2 Å². The molecule has 1 heterocycles. The molecule has 0 aliphatic rings. The molecule has 19 heavy (non-hydrogen) atoms. The Hall–Kier alpha value is -2.08. The molecule has 0 aliphatic heterocycles. The van der Waals surface area contributed by atoms with Gasteiger partial charge in [0.1, 0.15) is 11.5 Å². The summed E-state index contributed by atoms with van der Waals surface area (Å²) in [7, 11) is 1.27. The lowest BCUT2D eigenvalue weighted by molar-refractivity contribution is 0.171. The first-order valence-electron chi connectivity index (χ1n) is 5.42. The second kappa shape index (κ2) is 6.19. The highest BCUT2D eigenvalue weighted by molar-refractivity contribution is 9.10. The number of nitrogens with zero attached hydrogens (tertiary/aromatic N) is 1. The van der Waals surface area contributed by atoms with Gasteiger partial charge in [-0.15, -0.1) is 0 Å². The van der Waals surface area contributed by atoms with Crippen LogP contribution in [0.25, 0.3) is 11.3 Å². The van der Waals surface area contributed by atoms with Gasteiger partial charge in [0.05, 0.1) is 13.3 Å². The number of hydrazone groups is 1. The number of methoxy groups -OCH3 is 1. The quantitative estimate of drug-likeness (QED) is 0.695. The average molecular weight is 323 g/mol. The van der Waals surface area contributed by atoms with E-state index in [9.17, 15) is 4.79 Å². The van der Waals surface area contributed by atoms with Gasteiger partial charge in [0.15, 0.2) is 0 Å². The molecule has 1 N–H and O–H groups in total. The van der Waals surface area contributed by atoms with Gasteiger partial charge in [-0.1, -0.05) is 28.1 Å². The van der Waals surface area contributed by atoms with Crippen LogP contribution in [-0.2, 0) is 4.74 Å². The molecule has 2 rings (SSSR count). The fraction of sp³-hybridized carbons (Fsp3) is 0.0769. The monoisotopic (exact) mass is 322 g/mol. The zero-order valence-electron chi connectivity index (χ0n) is 10.1. The Morgan fingerprint density at radius 2 is 2.05 bits per heavy atom. The van der Waals surface area contributed by atoms with E-state index in [2.05, 4.69) is 31.2 Å². The normalized spacial score (nSPS) is 10.6. The number of halogens is 1. The van der Waals surface area contributed by atoms with Crippen LogP contribution in [0, 0.1) is 0 Å². The first kappa shape index (κ1) is 13.4. The Morgan fingerprint density at radius 1 is 1.32 bits per heavy atom. The predicted octanol–water partition coefficient (Wildman–Crippen LogP) is 3.40. The molecule has 1 aromatic carbocycles. The van der Waals surface area contributed by atoms with Gasteiger partial charge < -0.3 is 9.15 Å². The largest absolute Gasteiger partial charge is 0.455 e. The lowest BCUT2D eigenvalue weighted by Crippen LogP contribution is -2.16. The van der Waals surface area contributed by atoms with Crippen LogP contribution in [0.2, 0.25) is 0 Å². The fourth-order valence-electron chi connectivity index (χ4n) is 1.39. The molecule has 0 unspecified atom stereocenters. The van der Waals surface area contributed by atoms with E-state index in [0.717, 1.165) is 15.8 Å². The highest BCUT2D eigenvalue weighted by Crippen LogP contribution is 2.23. The number of benzene rings is 1. The minimum absolute atomic E-state index is 0.536. The second-order valence-electron chi connectivity index (χ2n) is 3.57. The lowest BCUT2D eigenvalue weighted by atomic mass is 10.2. The van der Waals surface area contributed by atoms with Crippen molar-refractivity contribution in [3.05, 3.63) is 46.6 Å². The number of carbonyl (C=O) groups excluding carboxylic acids is 1. The molecule has 0 atom stereocenters. The van der Waals surface area contributed by atoms with Gasteiger partial charge in [-0.2, -0.15) is 5.10 Å². The summed E-state index contributed by atoms with van der Waals surface area (Å²) in [5, 5.41) is 3.68. The van der Waals surface area contributed by atoms with Crippen LogP contribution in [0.1, 0.15) is 5.76 Å². The van der Waals surface area contributed by atoms with Crippen molar-refractivity contribution in [2.75, 3.05) is 7.11 Å². The SMILES string of the molecule is COC(=O)NN=Cc1ccc(-c2ccc(Br)cc2)o1. The summed E-state index contributed by atoms with van der Waals surface area (Å²) in [6.07, 6.45) is 0.773. The van der Waals surface area contributed by atoms with Crippen LogP contribution in [-0.4, -0.2) is 19.4 Å². The van der Waals surface area contributed by atoms with Crippen LogP contribution in [0.3, 0.4) is 0 Å². The summed E-state index contributed by atoms with van der Waals surface area (Å²) in [5.41, 5.74) is 3.14. The zero-order valence-corrected chi connectivity index (χ0v) is 11.7. The molecule has 0 aliphatic carbocycles. The Balaban J connectivity index is 2.06. The van der Waals surface area contributed by atoms with E-state index in [0.29, 0.717) is 5.76 Å². The van der Waals surface area contributed by atoms with Gasteiger partial charge in [0.25, 0.3) is 0 Å². The summed E-state index contributed by atoms with van der Waals surface area (Å²) in [6, 6.07) is 11.4. The molecule has 1 aromatic heterocycles. The van der Waals surface area contributed by atoms with Crippen LogP contribution < -0.4 is 5.43 Å². The summed E-state index contributed by atoms with van der Waals surface area (Å²) in [4.78, 5) is 10.8. The van der Waals surface area contributed by atoms with Crippen molar-refractivity contribution in [2.45, 2.75) is 0 Å². The summed E-state index contributed by atoms with van der Waals surface area (Å²) in [6.45, 7) is 0. The van der Waals surface area contributed by atoms with Crippen molar-refractivity contribution in [1.29, 1.82) is 0 Å². The molecule has 0 spiro atoms. The van der Waals surface area contributed by atoms with E-state index in [-0.39, 0.29) is 0 Å². The molecular weight excluding hydrogens is 312 g/mol. The number of amides is 1. The van der Waals surface area contributed by atoms with Gasteiger partial charge >= 0.3 is 6.09 Å². The van der Waals surface area contributed by atoms with Crippen molar-refractivity contribution in [3.63, 3.8) is 0 Å². The molecule has 2 aromatic rings. The predicted molar refractivity (Wildman–Crippen MR) is 75.0 cm³/mol. The lowest BCUT2D eigenvalue weighted by Gasteiger charge is -1.96. The Bertz CT molecular complexity index is 590. The number of hydrogen-bond donors (Lipinski definition) is 1. The van der Waals surface area contributed by atoms with Crippen molar-refractivity contribution in [1.82, 2.24) is 5.43 Å². The Kier molecular flexibility index (Phi) is 4.35. The fourth-order valence-corrected chi connectivity index (χ4v) is 1.65. The third-order valence-electron chi connectivity index (χ3n) is 2.29. The average Bonchev–Trinajstić information content (AvgIpc) is 2.88.